The highest BCUT2D eigenvalue weighted by molar-refractivity contribution is 5.76. The summed E-state index contributed by atoms with van der Waals surface area (Å²) in [5.41, 5.74) is 5.94. The van der Waals surface area contributed by atoms with E-state index in [-0.39, 0.29) is 5.91 Å². The highest BCUT2D eigenvalue weighted by Crippen LogP contribution is 2.28. The van der Waals surface area contributed by atoms with Crippen molar-refractivity contribution in [1.82, 2.24) is 10.2 Å². The number of fused-ring (bicyclic) bond motifs is 1. The number of nitrogens with zero attached hydrogens (tertiary/aromatic N) is 1. The second-order valence-corrected chi connectivity index (χ2v) is 7.44. The number of rotatable bonds is 4. The minimum Gasteiger partial charge on any atom is -0.353 e. The fourth-order valence-corrected chi connectivity index (χ4v) is 4.47. The Morgan fingerprint density at radius 2 is 1.90 bits per heavy atom. The molecular formula is C17H31N3O. The van der Waals surface area contributed by atoms with Gasteiger partial charge in [-0.05, 0) is 70.3 Å². The lowest BCUT2D eigenvalue weighted by Gasteiger charge is -2.35. The van der Waals surface area contributed by atoms with Crippen molar-refractivity contribution in [2.75, 3.05) is 13.1 Å². The molecule has 21 heavy (non-hydrogen) atoms. The van der Waals surface area contributed by atoms with Crippen LogP contribution in [0.25, 0.3) is 0 Å². The Kier molecular flexibility index (Phi) is 5.17. The van der Waals surface area contributed by atoms with Crippen molar-refractivity contribution in [2.24, 2.45) is 11.7 Å². The molecular weight excluding hydrogens is 262 g/mol. The van der Waals surface area contributed by atoms with Crippen LogP contribution in [-0.4, -0.2) is 42.0 Å². The lowest BCUT2D eigenvalue weighted by molar-refractivity contribution is -0.122. The van der Waals surface area contributed by atoms with Crippen LogP contribution >= 0.6 is 0 Å². The topological polar surface area (TPSA) is 58.4 Å². The zero-order valence-corrected chi connectivity index (χ0v) is 13.2. The molecule has 0 aromatic carbocycles. The predicted octanol–water partition coefficient (Wildman–Crippen LogP) is 2.03. The molecule has 2 saturated heterocycles. The van der Waals surface area contributed by atoms with Gasteiger partial charge in [-0.3, -0.25) is 4.79 Å². The molecule has 2 atom stereocenters. The van der Waals surface area contributed by atoms with Crippen molar-refractivity contribution >= 4 is 5.91 Å². The summed E-state index contributed by atoms with van der Waals surface area (Å²) >= 11 is 0. The maximum atomic E-state index is 12.2. The van der Waals surface area contributed by atoms with Gasteiger partial charge in [0.05, 0.1) is 0 Å². The van der Waals surface area contributed by atoms with Crippen LogP contribution in [0.2, 0.25) is 0 Å². The molecule has 0 radical (unpaired) electrons. The summed E-state index contributed by atoms with van der Waals surface area (Å²) in [6.07, 6.45) is 11.5. The van der Waals surface area contributed by atoms with E-state index in [0.29, 0.717) is 18.5 Å². The molecule has 2 heterocycles. The number of carbonyl (C=O) groups is 1. The average molecular weight is 293 g/mol. The molecule has 2 unspecified atom stereocenters. The largest absolute Gasteiger partial charge is 0.353 e. The van der Waals surface area contributed by atoms with E-state index in [1.54, 1.807) is 0 Å². The molecule has 4 heteroatoms. The van der Waals surface area contributed by atoms with Gasteiger partial charge in [-0.25, -0.2) is 0 Å². The fraction of sp³-hybridized carbons (Fsp3) is 0.941. The Hall–Kier alpha value is -0.610. The highest BCUT2D eigenvalue weighted by atomic mass is 16.1. The first kappa shape index (κ1) is 15.3. The van der Waals surface area contributed by atoms with Crippen LogP contribution in [0.5, 0.6) is 0 Å². The summed E-state index contributed by atoms with van der Waals surface area (Å²) < 4.78 is 0. The summed E-state index contributed by atoms with van der Waals surface area (Å²) in [5, 5.41) is 3.29. The van der Waals surface area contributed by atoms with Gasteiger partial charge in [0.25, 0.3) is 0 Å². The van der Waals surface area contributed by atoms with Crippen LogP contribution < -0.4 is 11.1 Å². The molecule has 3 rings (SSSR count). The van der Waals surface area contributed by atoms with Crippen LogP contribution in [0.1, 0.15) is 64.2 Å². The monoisotopic (exact) mass is 293 g/mol. The predicted molar refractivity (Wildman–Crippen MR) is 84.9 cm³/mol. The minimum atomic E-state index is 0.279. The molecule has 2 aliphatic heterocycles. The third-order valence-corrected chi connectivity index (χ3v) is 5.86. The first-order valence-electron chi connectivity index (χ1n) is 8.99. The minimum absolute atomic E-state index is 0.279. The second-order valence-electron chi connectivity index (χ2n) is 7.44. The first-order valence-corrected chi connectivity index (χ1v) is 8.99. The van der Waals surface area contributed by atoms with Crippen molar-refractivity contribution in [3.05, 3.63) is 0 Å². The molecule has 3 fully saturated rings. The summed E-state index contributed by atoms with van der Waals surface area (Å²) in [6, 6.07) is 1.58. The van der Waals surface area contributed by atoms with Crippen molar-refractivity contribution in [3.63, 3.8) is 0 Å². The van der Waals surface area contributed by atoms with Gasteiger partial charge < -0.3 is 16.0 Å². The van der Waals surface area contributed by atoms with Gasteiger partial charge in [-0.2, -0.15) is 0 Å². The Morgan fingerprint density at radius 3 is 2.71 bits per heavy atom. The number of hydrogen-bond acceptors (Lipinski definition) is 3. The van der Waals surface area contributed by atoms with E-state index in [1.165, 1.54) is 45.2 Å². The summed E-state index contributed by atoms with van der Waals surface area (Å²) in [5.74, 6) is 1.01. The molecule has 120 valence electrons. The quantitative estimate of drug-likeness (QED) is 0.834. The molecule has 1 saturated carbocycles. The maximum absolute atomic E-state index is 12.2. The Labute approximate surface area is 128 Å². The number of nitrogens with two attached hydrogens (primary N) is 1. The molecule has 1 amide bonds. The lowest BCUT2D eigenvalue weighted by atomic mass is 9.83. The van der Waals surface area contributed by atoms with Gasteiger partial charge in [0.1, 0.15) is 0 Å². The molecule has 0 aromatic heterocycles. The van der Waals surface area contributed by atoms with Gasteiger partial charge in [-0.1, -0.05) is 0 Å². The third-order valence-electron chi connectivity index (χ3n) is 5.86. The zero-order valence-electron chi connectivity index (χ0n) is 13.2. The van der Waals surface area contributed by atoms with Gasteiger partial charge in [-0.15, -0.1) is 0 Å². The summed E-state index contributed by atoms with van der Waals surface area (Å²) in [4.78, 5) is 14.8. The Morgan fingerprint density at radius 1 is 1.10 bits per heavy atom. The molecule has 3 aliphatic rings. The average Bonchev–Trinajstić information content (AvgIpc) is 2.94. The lowest BCUT2D eigenvalue weighted by Crippen LogP contribution is -2.47. The van der Waals surface area contributed by atoms with E-state index in [4.69, 9.17) is 5.73 Å². The Balaban J connectivity index is 1.34. The van der Waals surface area contributed by atoms with Gasteiger partial charge >= 0.3 is 0 Å². The molecule has 0 bridgehead atoms. The van der Waals surface area contributed by atoms with E-state index in [0.717, 1.165) is 37.6 Å². The molecule has 0 aromatic rings. The maximum Gasteiger partial charge on any atom is 0.220 e. The van der Waals surface area contributed by atoms with E-state index < -0.39 is 0 Å². The smallest absolute Gasteiger partial charge is 0.220 e. The van der Waals surface area contributed by atoms with E-state index in [9.17, 15) is 4.79 Å². The van der Waals surface area contributed by atoms with E-state index >= 15 is 0 Å². The molecule has 1 aliphatic carbocycles. The van der Waals surface area contributed by atoms with Crippen molar-refractivity contribution in [1.29, 1.82) is 0 Å². The second kappa shape index (κ2) is 7.10. The Bertz CT molecular complexity index is 352. The van der Waals surface area contributed by atoms with Crippen LogP contribution in [0, 0.1) is 5.92 Å². The third kappa shape index (κ3) is 4.19. The molecule has 0 spiro atoms. The SMILES string of the molecule is NC1CCC(CCC(=O)NC2CCN3CCCC3C2)CC1. The number of amides is 1. The first-order chi connectivity index (χ1) is 10.2. The van der Waals surface area contributed by atoms with Crippen LogP contribution in [0.3, 0.4) is 0 Å². The van der Waals surface area contributed by atoms with E-state index in [2.05, 4.69) is 10.2 Å². The number of carbonyl (C=O) groups excluding carboxylic acids is 1. The van der Waals surface area contributed by atoms with Crippen LogP contribution in [0.15, 0.2) is 0 Å². The summed E-state index contributed by atoms with van der Waals surface area (Å²) in [7, 11) is 0. The van der Waals surface area contributed by atoms with E-state index in [1.807, 2.05) is 0 Å². The number of hydrogen-bond donors (Lipinski definition) is 2. The van der Waals surface area contributed by atoms with Crippen LogP contribution in [-0.2, 0) is 4.79 Å². The normalized spacial score (nSPS) is 37.2. The standard InChI is InChI=1S/C17H31N3O/c18-14-6-3-13(4-7-14)5-8-17(21)19-15-9-11-20-10-1-2-16(20)12-15/h13-16H,1-12,18H2,(H,19,21). The zero-order chi connectivity index (χ0) is 14.7. The van der Waals surface area contributed by atoms with Gasteiger partial charge in [0, 0.05) is 31.1 Å². The highest BCUT2D eigenvalue weighted by Gasteiger charge is 2.32. The van der Waals surface area contributed by atoms with Crippen molar-refractivity contribution < 1.29 is 4.79 Å². The van der Waals surface area contributed by atoms with Crippen molar-refractivity contribution in [3.8, 4) is 0 Å². The fourth-order valence-electron chi connectivity index (χ4n) is 4.47. The van der Waals surface area contributed by atoms with Crippen LogP contribution in [0.4, 0.5) is 0 Å². The van der Waals surface area contributed by atoms with Gasteiger partial charge in [0.2, 0.25) is 5.91 Å². The molecule has 3 N–H and O–H groups in total. The number of piperidine rings is 1. The van der Waals surface area contributed by atoms with Crippen molar-refractivity contribution in [2.45, 2.75) is 82.3 Å². The number of nitrogens with one attached hydrogen (secondary N) is 1. The molecule has 4 nitrogen and oxygen atoms in total. The summed E-state index contributed by atoms with van der Waals surface area (Å²) in [6.45, 7) is 2.45. The van der Waals surface area contributed by atoms with Gasteiger partial charge in [0.15, 0.2) is 0 Å².